The molecule has 1 aliphatic heterocycles. The van der Waals surface area contributed by atoms with Gasteiger partial charge < -0.3 is 4.90 Å². The van der Waals surface area contributed by atoms with E-state index in [0.717, 1.165) is 11.8 Å². The van der Waals surface area contributed by atoms with E-state index in [2.05, 4.69) is 35.2 Å². The zero-order valence-corrected chi connectivity index (χ0v) is 9.23. The summed E-state index contributed by atoms with van der Waals surface area (Å²) in [7, 11) is 0. The fourth-order valence-corrected chi connectivity index (χ4v) is 2.85. The van der Waals surface area contributed by atoms with Gasteiger partial charge in [0.15, 0.2) is 0 Å². The fraction of sp³-hybridized carbons (Fsp3) is 0.571. The van der Waals surface area contributed by atoms with Gasteiger partial charge in [0.1, 0.15) is 0 Å². The highest BCUT2D eigenvalue weighted by Crippen LogP contribution is 2.47. The highest BCUT2D eigenvalue weighted by molar-refractivity contribution is 5.25. The molecule has 1 saturated heterocycles. The number of hydrogen-bond donors (Lipinski definition) is 0. The largest absolute Gasteiger partial charge is 0.303 e. The van der Waals surface area contributed by atoms with Crippen LogP contribution in [-0.2, 0) is 0 Å². The van der Waals surface area contributed by atoms with Crippen LogP contribution in [0.5, 0.6) is 0 Å². The number of benzene rings is 1. The Hall–Kier alpha value is -0.820. The second kappa shape index (κ2) is 3.97. The molecule has 1 aliphatic carbocycles. The minimum Gasteiger partial charge on any atom is -0.303 e. The van der Waals surface area contributed by atoms with E-state index in [-0.39, 0.29) is 0 Å². The first kappa shape index (κ1) is 9.41. The Labute approximate surface area is 92.1 Å². The Bertz CT molecular complexity index is 313. The van der Waals surface area contributed by atoms with Crippen molar-refractivity contribution in [3.63, 3.8) is 0 Å². The zero-order chi connectivity index (χ0) is 10.1. The normalized spacial score (nSPS) is 30.7. The molecular weight excluding hydrogens is 182 g/mol. The molecule has 0 spiro atoms. The molecular formula is C14H19N. The van der Waals surface area contributed by atoms with Crippen molar-refractivity contribution < 1.29 is 0 Å². The summed E-state index contributed by atoms with van der Waals surface area (Å²) in [5.41, 5.74) is 1.56. The van der Waals surface area contributed by atoms with Crippen LogP contribution in [0.1, 0.15) is 30.7 Å². The molecule has 1 heteroatoms. The maximum absolute atomic E-state index is 2.65. The van der Waals surface area contributed by atoms with E-state index >= 15 is 0 Å². The van der Waals surface area contributed by atoms with Gasteiger partial charge >= 0.3 is 0 Å². The molecule has 2 fully saturated rings. The van der Waals surface area contributed by atoms with E-state index in [0.29, 0.717) is 0 Å². The van der Waals surface area contributed by atoms with E-state index in [9.17, 15) is 0 Å². The molecule has 2 atom stereocenters. The van der Waals surface area contributed by atoms with Gasteiger partial charge in [0, 0.05) is 6.54 Å². The summed E-state index contributed by atoms with van der Waals surface area (Å²) in [6.45, 7) is 4.04. The van der Waals surface area contributed by atoms with Crippen molar-refractivity contribution in [1.82, 2.24) is 4.90 Å². The highest BCUT2D eigenvalue weighted by Gasteiger charge is 2.39. The van der Waals surface area contributed by atoms with Gasteiger partial charge in [0.25, 0.3) is 0 Å². The maximum Gasteiger partial charge on any atom is 0.00157 e. The van der Waals surface area contributed by atoms with Crippen molar-refractivity contribution in [1.29, 1.82) is 0 Å². The molecule has 0 amide bonds. The minimum atomic E-state index is 0.867. The Kier molecular flexibility index (Phi) is 2.49. The first-order valence-corrected chi connectivity index (χ1v) is 6.21. The first-order chi connectivity index (χ1) is 7.43. The van der Waals surface area contributed by atoms with Crippen LogP contribution in [0.15, 0.2) is 30.3 Å². The predicted molar refractivity (Wildman–Crippen MR) is 63.0 cm³/mol. The van der Waals surface area contributed by atoms with Crippen molar-refractivity contribution in [3.05, 3.63) is 35.9 Å². The second-order valence-electron chi connectivity index (χ2n) is 5.02. The summed E-state index contributed by atoms with van der Waals surface area (Å²) in [5.74, 6) is 1.82. The highest BCUT2D eigenvalue weighted by atomic mass is 15.1. The quantitative estimate of drug-likeness (QED) is 0.727. The smallest absolute Gasteiger partial charge is 0.00157 e. The van der Waals surface area contributed by atoms with Crippen molar-refractivity contribution in [3.8, 4) is 0 Å². The van der Waals surface area contributed by atoms with Crippen LogP contribution >= 0.6 is 0 Å². The maximum atomic E-state index is 2.65. The van der Waals surface area contributed by atoms with E-state index in [1.54, 1.807) is 5.56 Å². The van der Waals surface area contributed by atoms with Gasteiger partial charge in [-0.25, -0.2) is 0 Å². The standard InChI is InChI=1S/C14H19N/c1-2-6-12(7-3-1)14-10-13(14)11-15-8-4-5-9-15/h1-3,6-7,13-14H,4-5,8-11H2/t13-,14-/m0/s1. The van der Waals surface area contributed by atoms with E-state index in [4.69, 9.17) is 0 Å². The van der Waals surface area contributed by atoms with Gasteiger partial charge in [0.05, 0.1) is 0 Å². The second-order valence-corrected chi connectivity index (χ2v) is 5.02. The Balaban J connectivity index is 1.55. The summed E-state index contributed by atoms with van der Waals surface area (Å²) in [6.07, 6.45) is 4.26. The van der Waals surface area contributed by atoms with E-state index in [1.807, 2.05) is 0 Å². The third kappa shape index (κ3) is 2.07. The Morgan fingerprint density at radius 3 is 2.53 bits per heavy atom. The van der Waals surface area contributed by atoms with Gasteiger partial charge in [-0.1, -0.05) is 30.3 Å². The number of rotatable bonds is 3. The molecule has 1 nitrogen and oxygen atoms in total. The molecule has 2 aliphatic rings. The van der Waals surface area contributed by atoms with Gasteiger partial charge in [-0.15, -0.1) is 0 Å². The summed E-state index contributed by atoms with van der Waals surface area (Å²) in [4.78, 5) is 2.65. The van der Waals surface area contributed by atoms with Crippen LogP contribution in [0.4, 0.5) is 0 Å². The molecule has 3 rings (SSSR count). The third-order valence-corrected chi connectivity index (χ3v) is 3.84. The predicted octanol–water partition coefficient (Wildman–Crippen LogP) is 2.89. The van der Waals surface area contributed by atoms with Crippen LogP contribution in [0.3, 0.4) is 0 Å². The molecule has 80 valence electrons. The van der Waals surface area contributed by atoms with Crippen LogP contribution in [0.25, 0.3) is 0 Å². The Morgan fingerprint density at radius 2 is 1.80 bits per heavy atom. The molecule has 0 aromatic heterocycles. The third-order valence-electron chi connectivity index (χ3n) is 3.84. The van der Waals surface area contributed by atoms with Crippen molar-refractivity contribution in [2.75, 3.05) is 19.6 Å². The first-order valence-electron chi connectivity index (χ1n) is 6.21. The summed E-state index contributed by atoms with van der Waals surface area (Å²) >= 11 is 0. The minimum absolute atomic E-state index is 0.867. The summed E-state index contributed by atoms with van der Waals surface area (Å²) in [5, 5.41) is 0. The Morgan fingerprint density at radius 1 is 1.07 bits per heavy atom. The van der Waals surface area contributed by atoms with Crippen molar-refractivity contribution in [2.45, 2.75) is 25.2 Å². The van der Waals surface area contributed by atoms with Crippen LogP contribution in [-0.4, -0.2) is 24.5 Å². The van der Waals surface area contributed by atoms with Gasteiger partial charge in [-0.3, -0.25) is 0 Å². The lowest BCUT2D eigenvalue weighted by atomic mass is 10.1. The number of likely N-dealkylation sites (tertiary alicyclic amines) is 1. The monoisotopic (exact) mass is 201 g/mol. The lowest BCUT2D eigenvalue weighted by Gasteiger charge is -2.13. The molecule has 1 aromatic rings. The van der Waals surface area contributed by atoms with Crippen LogP contribution in [0, 0.1) is 5.92 Å². The SMILES string of the molecule is c1ccc([C@@H]2C[C@H]2CN2CCCC2)cc1. The summed E-state index contributed by atoms with van der Waals surface area (Å²) < 4.78 is 0. The van der Waals surface area contributed by atoms with Gasteiger partial charge in [-0.05, 0) is 49.8 Å². The van der Waals surface area contributed by atoms with Crippen molar-refractivity contribution in [2.24, 2.45) is 5.92 Å². The average Bonchev–Trinajstić information content (AvgIpc) is 2.84. The van der Waals surface area contributed by atoms with E-state index < -0.39 is 0 Å². The lowest BCUT2D eigenvalue weighted by molar-refractivity contribution is 0.322. The van der Waals surface area contributed by atoms with Crippen LogP contribution < -0.4 is 0 Å². The molecule has 0 radical (unpaired) electrons. The number of hydrogen-bond acceptors (Lipinski definition) is 1. The molecule has 0 unspecified atom stereocenters. The summed E-state index contributed by atoms with van der Waals surface area (Å²) in [6, 6.07) is 11.0. The molecule has 1 saturated carbocycles. The average molecular weight is 201 g/mol. The zero-order valence-electron chi connectivity index (χ0n) is 9.23. The van der Waals surface area contributed by atoms with Gasteiger partial charge in [0.2, 0.25) is 0 Å². The number of nitrogens with zero attached hydrogens (tertiary/aromatic N) is 1. The van der Waals surface area contributed by atoms with Crippen LogP contribution in [0.2, 0.25) is 0 Å². The molecule has 1 aromatic carbocycles. The van der Waals surface area contributed by atoms with E-state index in [1.165, 1.54) is 38.9 Å². The molecule has 0 bridgehead atoms. The topological polar surface area (TPSA) is 3.24 Å². The fourth-order valence-electron chi connectivity index (χ4n) is 2.85. The van der Waals surface area contributed by atoms with Crippen molar-refractivity contribution >= 4 is 0 Å². The molecule has 1 heterocycles. The lowest BCUT2D eigenvalue weighted by Crippen LogP contribution is -2.22. The molecule has 15 heavy (non-hydrogen) atoms. The molecule has 0 N–H and O–H groups in total. The van der Waals surface area contributed by atoms with Gasteiger partial charge in [-0.2, -0.15) is 0 Å².